The Morgan fingerprint density at radius 3 is 2.12 bits per heavy atom. The van der Waals surface area contributed by atoms with Gasteiger partial charge >= 0.3 is 0 Å². The summed E-state index contributed by atoms with van der Waals surface area (Å²) in [6, 6.07) is 16.1. The summed E-state index contributed by atoms with van der Waals surface area (Å²) in [5.74, 6) is 0. The van der Waals surface area contributed by atoms with Crippen LogP contribution < -0.4 is 0 Å². The molecule has 0 saturated heterocycles. The van der Waals surface area contributed by atoms with E-state index in [-0.39, 0.29) is 0 Å². The first-order valence-corrected chi connectivity index (χ1v) is 10.9. The van der Waals surface area contributed by atoms with E-state index in [2.05, 4.69) is 39.1 Å². The average Bonchev–Trinajstić information content (AvgIpc) is 2.87. The van der Waals surface area contributed by atoms with E-state index in [9.17, 15) is 0 Å². The second-order valence-electron chi connectivity index (χ2n) is 5.70. The van der Waals surface area contributed by atoms with Gasteiger partial charge in [-0.3, -0.25) is 0 Å². The molecule has 1 heterocycles. The Morgan fingerprint density at radius 1 is 0.840 bits per heavy atom. The SMILES string of the molecule is CPn1c2cc(Cl)c(Cl)cc2c2cc(Br)c(-c3ccc(Cl)cc3)cc21. The third-order valence-electron chi connectivity index (χ3n) is 4.27. The van der Waals surface area contributed by atoms with Crippen LogP contribution in [0.5, 0.6) is 0 Å². The van der Waals surface area contributed by atoms with Crippen molar-refractivity contribution in [3.63, 3.8) is 0 Å². The summed E-state index contributed by atoms with van der Waals surface area (Å²) in [6.45, 7) is 2.16. The molecule has 0 radical (unpaired) electrons. The fourth-order valence-electron chi connectivity index (χ4n) is 3.12. The van der Waals surface area contributed by atoms with Gasteiger partial charge in [-0.2, -0.15) is 0 Å². The molecule has 126 valence electrons. The van der Waals surface area contributed by atoms with Gasteiger partial charge in [0.05, 0.1) is 21.1 Å². The third kappa shape index (κ3) is 2.99. The molecule has 1 nitrogen and oxygen atoms in total. The topological polar surface area (TPSA) is 4.93 Å². The summed E-state index contributed by atoms with van der Waals surface area (Å²) in [6.07, 6.45) is 0. The van der Waals surface area contributed by atoms with Gasteiger partial charge in [-0.25, -0.2) is 0 Å². The number of fused-ring (bicyclic) bond motifs is 3. The molecule has 0 aliphatic carbocycles. The number of rotatable bonds is 2. The molecule has 4 aromatic rings. The zero-order chi connectivity index (χ0) is 17.7. The van der Waals surface area contributed by atoms with Crippen molar-refractivity contribution in [2.75, 3.05) is 6.66 Å². The molecule has 0 N–H and O–H groups in total. The van der Waals surface area contributed by atoms with E-state index in [0.29, 0.717) is 18.8 Å². The first kappa shape index (κ1) is 17.6. The zero-order valence-electron chi connectivity index (χ0n) is 13.1. The molecule has 0 bridgehead atoms. The van der Waals surface area contributed by atoms with Crippen molar-refractivity contribution < 1.29 is 0 Å². The van der Waals surface area contributed by atoms with E-state index in [1.165, 1.54) is 5.52 Å². The van der Waals surface area contributed by atoms with Gasteiger partial charge in [0.15, 0.2) is 0 Å². The van der Waals surface area contributed by atoms with Crippen LogP contribution in [0.25, 0.3) is 32.9 Å². The lowest BCUT2D eigenvalue weighted by Gasteiger charge is -2.08. The van der Waals surface area contributed by atoms with Crippen LogP contribution in [0, 0.1) is 0 Å². The molecule has 0 fully saturated rings. The largest absolute Gasteiger partial charge is 0.322 e. The second-order valence-corrected chi connectivity index (χ2v) is 8.70. The highest BCUT2D eigenvalue weighted by Gasteiger charge is 2.15. The third-order valence-corrected chi connectivity index (χ3v) is 6.83. The number of benzene rings is 3. The Kier molecular flexibility index (Phi) is 4.77. The van der Waals surface area contributed by atoms with Crippen molar-refractivity contribution in [3.05, 3.63) is 68.1 Å². The highest BCUT2D eigenvalue weighted by molar-refractivity contribution is 9.10. The minimum absolute atomic E-state index is 0.575. The Bertz CT molecular complexity index is 1120. The minimum Gasteiger partial charge on any atom is -0.322 e. The van der Waals surface area contributed by atoms with Crippen LogP contribution >= 0.6 is 59.5 Å². The molecule has 0 amide bonds. The fourth-order valence-corrected chi connectivity index (χ4v) is 4.99. The van der Waals surface area contributed by atoms with E-state index in [4.69, 9.17) is 34.8 Å². The van der Waals surface area contributed by atoms with Crippen molar-refractivity contribution in [1.82, 2.24) is 4.34 Å². The van der Waals surface area contributed by atoms with Gasteiger partial charge in [0, 0.05) is 20.3 Å². The Hall–Kier alpha value is -0.760. The number of halogens is 4. The molecule has 6 heteroatoms. The monoisotopic (exact) mass is 469 g/mol. The predicted octanol–water partition coefficient (Wildman–Crippen LogP) is 8.26. The van der Waals surface area contributed by atoms with Crippen molar-refractivity contribution in [2.45, 2.75) is 0 Å². The Balaban J connectivity index is 2.08. The Morgan fingerprint density at radius 2 is 1.44 bits per heavy atom. The van der Waals surface area contributed by atoms with Crippen molar-refractivity contribution in [3.8, 4) is 11.1 Å². The van der Waals surface area contributed by atoms with Crippen molar-refractivity contribution >= 4 is 81.3 Å². The molecule has 3 aromatic carbocycles. The number of hydrogen-bond acceptors (Lipinski definition) is 0. The number of hydrogen-bond donors (Lipinski definition) is 0. The highest BCUT2D eigenvalue weighted by Crippen LogP contribution is 2.42. The second kappa shape index (κ2) is 6.76. The Labute approximate surface area is 170 Å². The number of nitrogens with zero attached hydrogens (tertiary/aromatic N) is 1. The quantitative estimate of drug-likeness (QED) is 0.259. The lowest BCUT2D eigenvalue weighted by Crippen LogP contribution is -1.85. The van der Waals surface area contributed by atoms with Crippen molar-refractivity contribution in [2.24, 2.45) is 0 Å². The van der Waals surface area contributed by atoms with Gasteiger partial charge in [-0.05, 0) is 62.9 Å². The predicted molar refractivity (Wildman–Crippen MR) is 117 cm³/mol. The van der Waals surface area contributed by atoms with E-state index in [1.807, 2.05) is 36.4 Å². The van der Waals surface area contributed by atoms with Crippen LogP contribution in [-0.2, 0) is 0 Å². The maximum Gasteiger partial charge on any atom is 0.0613 e. The molecular weight excluding hydrogens is 459 g/mol. The van der Waals surface area contributed by atoms with Crippen LogP contribution in [0.1, 0.15) is 0 Å². The maximum absolute atomic E-state index is 6.26. The van der Waals surface area contributed by atoms with E-state index in [1.54, 1.807) is 0 Å². The van der Waals surface area contributed by atoms with Crippen LogP contribution in [0.4, 0.5) is 0 Å². The molecule has 0 saturated carbocycles. The summed E-state index contributed by atoms with van der Waals surface area (Å²) in [7, 11) is 0.583. The molecule has 0 aliphatic heterocycles. The van der Waals surface area contributed by atoms with E-state index in [0.717, 1.165) is 36.9 Å². The van der Waals surface area contributed by atoms with Gasteiger partial charge in [-0.15, -0.1) is 0 Å². The molecule has 0 aliphatic rings. The fraction of sp³-hybridized carbons (Fsp3) is 0.0526. The van der Waals surface area contributed by atoms with Gasteiger partial charge in [0.1, 0.15) is 0 Å². The van der Waals surface area contributed by atoms with Gasteiger partial charge in [-0.1, -0.05) is 62.9 Å². The van der Waals surface area contributed by atoms with E-state index < -0.39 is 0 Å². The average molecular weight is 472 g/mol. The molecule has 4 rings (SSSR count). The summed E-state index contributed by atoms with van der Waals surface area (Å²) in [5.41, 5.74) is 4.52. The summed E-state index contributed by atoms with van der Waals surface area (Å²) in [5, 5.41) is 4.16. The van der Waals surface area contributed by atoms with Gasteiger partial charge in [0.2, 0.25) is 0 Å². The first-order chi connectivity index (χ1) is 12.0. The highest BCUT2D eigenvalue weighted by atomic mass is 79.9. The van der Waals surface area contributed by atoms with E-state index >= 15 is 0 Å². The zero-order valence-corrected chi connectivity index (χ0v) is 17.9. The molecule has 25 heavy (non-hydrogen) atoms. The lowest BCUT2D eigenvalue weighted by molar-refractivity contribution is 1.40. The normalized spacial score (nSPS) is 12.0. The summed E-state index contributed by atoms with van der Waals surface area (Å²) in [4.78, 5) is 0. The summed E-state index contributed by atoms with van der Waals surface area (Å²) >= 11 is 22.3. The smallest absolute Gasteiger partial charge is 0.0613 e. The minimum atomic E-state index is 0.575. The maximum atomic E-state index is 6.26. The standard InChI is InChI=1S/C19H12BrCl3NP/c1-25-24-18-8-12(10-2-4-11(21)5-3-10)15(20)6-13(18)14-7-16(22)17(23)9-19(14)24/h2-9,25H,1H3. The van der Waals surface area contributed by atoms with Crippen LogP contribution in [0.2, 0.25) is 15.1 Å². The molecule has 1 aromatic heterocycles. The van der Waals surface area contributed by atoms with Gasteiger partial charge in [0.25, 0.3) is 0 Å². The lowest BCUT2D eigenvalue weighted by atomic mass is 10.0. The molecule has 1 unspecified atom stereocenters. The van der Waals surface area contributed by atoms with Crippen LogP contribution in [0.3, 0.4) is 0 Å². The molecule has 0 spiro atoms. The van der Waals surface area contributed by atoms with Gasteiger partial charge < -0.3 is 4.34 Å². The number of aromatic nitrogens is 1. The molecular formula is C19H12BrCl3NP. The van der Waals surface area contributed by atoms with Crippen LogP contribution in [0.15, 0.2) is 53.0 Å². The molecule has 1 atom stereocenters. The summed E-state index contributed by atoms with van der Waals surface area (Å²) < 4.78 is 3.32. The van der Waals surface area contributed by atoms with Crippen LogP contribution in [-0.4, -0.2) is 11.0 Å². The van der Waals surface area contributed by atoms with Crippen molar-refractivity contribution in [1.29, 1.82) is 0 Å². The first-order valence-electron chi connectivity index (χ1n) is 7.56.